The Labute approximate surface area is 131 Å². The summed E-state index contributed by atoms with van der Waals surface area (Å²) in [5, 5.41) is 10.7. The Hall–Kier alpha value is -2.61. The Morgan fingerprint density at radius 2 is 2.05 bits per heavy atom. The highest BCUT2D eigenvalue weighted by molar-refractivity contribution is 6.31. The fraction of sp³-hybridized carbons (Fsp3) is 0.231. The molecular weight excluding hydrogens is 308 g/mol. The van der Waals surface area contributed by atoms with Gasteiger partial charge in [-0.3, -0.25) is 9.59 Å². The molecule has 0 atom stereocenters. The molecular formula is C13H15ClN6O2. The summed E-state index contributed by atoms with van der Waals surface area (Å²) in [4.78, 5) is 22.2. The summed E-state index contributed by atoms with van der Waals surface area (Å²) >= 11 is 6.08. The van der Waals surface area contributed by atoms with Crippen molar-refractivity contribution in [3.05, 3.63) is 40.5 Å². The maximum atomic E-state index is 11.6. The lowest BCUT2D eigenvalue weighted by Crippen LogP contribution is -2.34. The van der Waals surface area contributed by atoms with Gasteiger partial charge in [-0.15, -0.1) is 5.10 Å². The van der Waals surface area contributed by atoms with Gasteiger partial charge in [0.05, 0.1) is 19.5 Å². The topological polar surface area (TPSA) is 129 Å². The summed E-state index contributed by atoms with van der Waals surface area (Å²) in [6.07, 6.45) is -0.0817. The largest absolute Gasteiger partial charge is 0.382 e. The highest BCUT2D eigenvalue weighted by Crippen LogP contribution is 2.18. The summed E-state index contributed by atoms with van der Waals surface area (Å²) < 4.78 is 1.46. The third-order valence-electron chi connectivity index (χ3n) is 2.91. The minimum Gasteiger partial charge on any atom is -0.382 e. The lowest BCUT2D eigenvalue weighted by atomic mass is 10.2. The number of anilines is 1. The van der Waals surface area contributed by atoms with Crippen molar-refractivity contribution in [2.75, 3.05) is 12.3 Å². The van der Waals surface area contributed by atoms with Crippen LogP contribution in [0.2, 0.25) is 5.02 Å². The molecule has 2 rings (SSSR count). The Morgan fingerprint density at radius 1 is 1.32 bits per heavy atom. The summed E-state index contributed by atoms with van der Waals surface area (Å²) in [6.45, 7) is 0.119. The minimum atomic E-state index is -0.622. The van der Waals surface area contributed by atoms with Crippen molar-refractivity contribution in [3.8, 4) is 0 Å². The normalized spacial score (nSPS) is 10.4. The number of carbonyl (C=O) groups excluding carboxylic acids is 2. The van der Waals surface area contributed by atoms with Crippen molar-refractivity contribution in [1.29, 1.82) is 0 Å². The van der Waals surface area contributed by atoms with Crippen LogP contribution in [0.3, 0.4) is 0 Å². The second kappa shape index (κ2) is 6.90. The maximum Gasteiger partial charge on any atom is 0.236 e. The molecule has 0 fully saturated rings. The van der Waals surface area contributed by atoms with E-state index < -0.39 is 11.8 Å². The van der Waals surface area contributed by atoms with Gasteiger partial charge in [0.15, 0.2) is 0 Å². The van der Waals surface area contributed by atoms with Gasteiger partial charge in [-0.2, -0.15) is 0 Å². The number of nitrogen functional groups attached to an aromatic ring is 1. The van der Waals surface area contributed by atoms with Crippen molar-refractivity contribution in [2.24, 2.45) is 5.73 Å². The van der Waals surface area contributed by atoms with Gasteiger partial charge >= 0.3 is 0 Å². The van der Waals surface area contributed by atoms with E-state index in [9.17, 15) is 9.59 Å². The SMILES string of the molecule is NC(=O)CNC(=O)Cc1nnn(Cc2ccccc2Cl)c1N. The standard InChI is InChI=1S/C13H15ClN6O2/c14-9-4-2-1-3-8(9)7-20-13(16)10(18-19-20)5-12(22)17-6-11(15)21/h1-4H,5-7,16H2,(H2,15,21)(H,17,22). The summed E-state index contributed by atoms with van der Waals surface area (Å²) in [7, 11) is 0. The molecule has 1 aromatic carbocycles. The minimum absolute atomic E-state index is 0.0817. The molecule has 5 N–H and O–H groups in total. The Kier molecular flexibility index (Phi) is 4.95. The maximum absolute atomic E-state index is 11.6. The Morgan fingerprint density at radius 3 is 2.73 bits per heavy atom. The molecule has 0 aliphatic rings. The van der Waals surface area contributed by atoms with Gasteiger partial charge in [-0.05, 0) is 11.6 Å². The van der Waals surface area contributed by atoms with Crippen LogP contribution in [0.15, 0.2) is 24.3 Å². The van der Waals surface area contributed by atoms with Crippen LogP contribution in [-0.2, 0) is 22.6 Å². The number of primary amides is 1. The van der Waals surface area contributed by atoms with E-state index in [0.717, 1.165) is 5.56 Å². The summed E-state index contributed by atoms with van der Waals surface area (Å²) in [5.41, 5.74) is 12.0. The van der Waals surface area contributed by atoms with Gasteiger partial charge in [-0.1, -0.05) is 35.0 Å². The van der Waals surface area contributed by atoms with Crippen molar-refractivity contribution < 1.29 is 9.59 Å². The Bertz CT molecular complexity index is 700. The van der Waals surface area contributed by atoms with E-state index in [1.165, 1.54) is 4.68 Å². The zero-order valence-electron chi connectivity index (χ0n) is 11.6. The fourth-order valence-corrected chi connectivity index (χ4v) is 1.98. The molecule has 22 heavy (non-hydrogen) atoms. The van der Waals surface area contributed by atoms with Crippen LogP contribution < -0.4 is 16.8 Å². The fourth-order valence-electron chi connectivity index (χ4n) is 1.79. The van der Waals surface area contributed by atoms with Crippen LogP contribution >= 0.6 is 11.6 Å². The Balaban J connectivity index is 2.05. The van der Waals surface area contributed by atoms with Gasteiger partial charge < -0.3 is 16.8 Å². The number of rotatable bonds is 6. The number of nitrogens with one attached hydrogen (secondary N) is 1. The van der Waals surface area contributed by atoms with Crippen LogP contribution in [0.5, 0.6) is 0 Å². The first-order valence-electron chi connectivity index (χ1n) is 6.43. The first kappa shape index (κ1) is 15.8. The first-order valence-corrected chi connectivity index (χ1v) is 6.81. The van der Waals surface area contributed by atoms with Crippen LogP contribution in [0, 0.1) is 0 Å². The predicted octanol–water partition coefficient (Wildman–Crippen LogP) is -0.294. The van der Waals surface area contributed by atoms with Gasteiger partial charge in [0, 0.05) is 5.02 Å². The van der Waals surface area contributed by atoms with E-state index >= 15 is 0 Å². The monoisotopic (exact) mass is 322 g/mol. The number of nitrogens with zero attached hydrogens (tertiary/aromatic N) is 3. The summed E-state index contributed by atoms with van der Waals surface area (Å²) in [5.74, 6) is -0.756. The van der Waals surface area contributed by atoms with E-state index in [4.69, 9.17) is 23.1 Å². The molecule has 9 heteroatoms. The number of carbonyl (C=O) groups is 2. The third kappa shape index (κ3) is 3.95. The van der Waals surface area contributed by atoms with E-state index in [1.807, 2.05) is 18.2 Å². The molecule has 2 aromatic rings. The molecule has 0 aliphatic heterocycles. The number of hydrogen-bond acceptors (Lipinski definition) is 5. The zero-order chi connectivity index (χ0) is 16.1. The van der Waals surface area contributed by atoms with Gasteiger partial charge in [-0.25, -0.2) is 4.68 Å². The average molecular weight is 323 g/mol. The smallest absolute Gasteiger partial charge is 0.236 e. The van der Waals surface area contributed by atoms with Gasteiger partial charge in [0.2, 0.25) is 11.8 Å². The number of aromatic nitrogens is 3. The molecule has 1 heterocycles. The lowest BCUT2D eigenvalue weighted by Gasteiger charge is -2.06. The molecule has 1 aromatic heterocycles. The highest BCUT2D eigenvalue weighted by Gasteiger charge is 2.14. The summed E-state index contributed by atoms with van der Waals surface area (Å²) in [6, 6.07) is 7.29. The molecule has 0 saturated heterocycles. The van der Waals surface area contributed by atoms with Crippen LogP contribution in [0.1, 0.15) is 11.3 Å². The molecule has 116 valence electrons. The zero-order valence-corrected chi connectivity index (χ0v) is 12.4. The molecule has 2 amide bonds. The molecule has 0 spiro atoms. The van der Waals surface area contributed by atoms with E-state index in [1.54, 1.807) is 6.07 Å². The number of hydrogen-bond donors (Lipinski definition) is 3. The molecule has 0 saturated carbocycles. The van der Waals surface area contributed by atoms with E-state index in [2.05, 4.69) is 15.6 Å². The number of amides is 2. The van der Waals surface area contributed by atoms with Crippen LogP contribution in [0.4, 0.5) is 5.82 Å². The van der Waals surface area contributed by atoms with Crippen molar-refractivity contribution in [1.82, 2.24) is 20.3 Å². The van der Waals surface area contributed by atoms with Crippen molar-refractivity contribution in [3.63, 3.8) is 0 Å². The number of halogens is 1. The number of nitrogens with two attached hydrogens (primary N) is 2. The molecule has 0 unspecified atom stereocenters. The lowest BCUT2D eigenvalue weighted by molar-refractivity contribution is -0.124. The number of benzene rings is 1. The average Bonchev–Trinajstić information content (AvgIpc) is 2.80. The third-order valence-corrected chi connectivity index (χ3v) is 3.28. The first-order chi connectivity index (χ1) is 10.5. The van der Waals surface area contributed by atoms with Crippen molar-refractivity contribution >= 4 is 29.2 Å². The van der Waals surface area contributed by atoms with Gasteiger partial charge in [0.1, 0.15) is 11.5 Å². The second-order valence-electron chi connectivity index (χ2n) is 4.59. The molecule has 0 aliphatic carbocycles. The van der Waals surface area contributed by atoms with Crippen molar-refractivity contribution in [2.45, 2.75) is 13.0 Å². The predicted molar refractivity (Wildman–Crippen MR) is 80.9 cm³/mol. The molecule has 8 nitrogen and oxygen atoms in total. The van der Waals surface area contributed by atoms with E-state index in [-0.39, 0.29) is 18.8 Å². The molecule has 0 radical (unpaired) electrons. The second-order valence-corrected chi connectivity index (χ2v) is 5.00. The molecule has 0 bridgehead atoms. The van der Waals surface area contributed by atoms with Crippen LogP contribution in [0.25, 0.3) is 0 Å². The quantitative estimate of drug-likeness (QED) is 0.672. The van der Waals surface area contributed by atoms with E-state index in [0.29, 0.717) is 17.3 Å². The van der Waals surface area contributed by atoms with Crippen LogP contribution in [-0.4, -0.2) is 33.4 Å². The highest BCUT2D eigenvalue weighted by atomic mass is 35.5. The van der Waals surface area contributed by atoms with Gasteiger partial charge in [0.25, 0.3) is 0 Å².